The number of nitrogens with one attached hydrogen (secondary N) is 1. The van der Waals surface area contributed by atoms with Crippen molar-refractivity contribution in [1.29, 1.82) is 0 Å². The lowest BCUT2D eigenvalue weighted by atomic mass is 10.1. The molecule has 0 aliphatic carbocycles. The summed E-state index contributed by atoms with van der Waals surface area (Å²) in [6.07, 6.45) is 1.52. The summed E-state index contributed by atoms with van der Waals surface area (Å²) in [5.41, 5.74) is 2.54. The van der Waals surface area contributed by atoms with Crippen LogP contribution in [-0.4, -0.2) is 32.8 Å². The lowest BCUT2D eigenvalue weighted by molar-refractivity contribution is 0.317. The second-order valence-electron chi connectivity index (χ2n) is 5.55. The van der Waals surface area contributed by atoms with Crippen molar-refractivity contribution in [1.82, 2.24) is 14.9 Å². The van der Waals surface area contributed by atoms with Crippen LogP contribution in [0.5, 0.6) is 11.5 Å². The van der Waals surface area contributed by atoms with Gasteiger partial charge in [0.05, 0.1) is 12.8 Å². The standard InChI is InChI=1S/C18H17BrN4O2S/c1-3-25-15-9-14(19)8-13(16(15)24)10-20-23-17(21-22-18(23)26)12-6-4-11(2)5-7-12/h4-10,24H,3H2,1-2H3,(H,22,26)/b20-10-. The molecule has 0 radical (unpaired) electrons. The first-order valence-electron chi connectivity index (χ1n) is 7.93. The summed E-state index contributed by atoms with van der Waals surface area (Å²) >= 11 is 8.68. The van der Waals surface area contributed by atoms with Gasteiger partial charge in [0.2, 0.25) is 4.77 Å². The number of phenols is 1. The van der Waals surface area contributed by atoms with Crippen molar-refractivity contribution in [2.45, 2.75) is 13.8 Å². The number of benzene rings is 2. The van der Waals surface area contributed by atoms with E-state index in [1.54, 1.807) is 12.1 Å². The van der Waals surface area contributed by atoms with Gasteiger partial charge in [-0.2, -0.15) is 14.9 Å². The number of ether oxygens (including phenoxy) is 1. The van der Waals surface area contributed by atoms with E-state index < -0.39 is 0 Å². The number of aryl methyl sites for hydroxylation is 1. The third kappa shape index (κ3) is 3.86. The van der Waals surface area contributed by atoms with Crippen LogP contribution in [0.4, 0.5) is 0 Å². The van der Waals surface area contributed by atoms with E-state index in [1.807, 2.05) is 38.1 Å². The fourth-order valence-electron chi connectivity index (χ4n) is 2.37. The number of hydrogen-bond donors (Lipinski definition) is 2. The Morgan fingerprint density at radius 3 is 2.77 bits per heavy atom. The average Bonchev–Trinajstić information content (AvgIpc) is 2.98. The molecule has 0 bridgehead atoms. The minimum atomic E-state index is 0.0192. The van der Waals surface area contributed by atoms with Gasteiger partial charge in [-0.3, -0.25) is 0 Å². The van der Waals surface area contributed by atoms with Crippen LogP contribution in [0.3, 0.4) is 0 Å². The van der Waals surface area contributed by atoms with Gasteiger partial charge < -0.3 is 9.84 Å². The molecule has 0 atom stereocenters. The molecule has 0 saturated carbocycles. The molecule has 0 fully saturated rings. The Hall–Kier alpha value is -2.45. The van der Waals surface area contributed by atoms with Gasteiger partial charge in [-0.05, 0) is 38.2 Å². The molecule has 2 aromatic carbocycles. The van der Waals surface area contributed by atoms with Gasteiger partial charge in [-0.1, -0.05) is 45.8 Å². The monoisotopic (exact) mass is 432 g/mol. The minimum Gasteiger partial charge on any atom is -0.504 e. The molecule has 2 N–H and O–H groups in total. The number of aromatic amines is 1. The average molecular weight is 433 g/mol. The Bertz CT molecular complexity index is 1010. The molecule has 1 aromatic heterocycles. The summed E-state index contributed by atoms with van der Waals surface area (Å²) in [6.45, 7) is 4.32. The molecular weight excluding hydrogens is 416 g/mol. The van der Waals surface area contributed by atoms with Gasteiger partial charge >= 0.3 is 0 Å². The van der Waals surface area contributed by atoms with E-state index in [1.165, 1.54) is 10.9 Å². The lowest BCUT2D eigenvalue weighted by Crippen LogP contribution is -1.97. The van der Waals surface area contributed by atoms with Crippen LogP contribution in [0.1, 0.15) is 18.1 Å². The zero-order valence-corrected chi connectivity index (χ0v) is 16.6. The van der Waals surface area contributed by atoms with Gasteiger partial charge in [-0.25, -0.2) is 5.10 Å². The second-order valence-corrected chi connectivity index (χ2v) is 6.85. The van der Waals surface area contributed by atoms with Crippen LogP contribution in [0, 0.1) is 11.7 Å². The number of phenolic OH excluding ortho intramolecular Hbond substituents is 1. The highest BCUT2D eigenvalue weighted by molar-refractivity contribution is 9.10. The van der Waals surface area contributed by atoms with E-state index in [-0.39, 0.29) is 5.75 Å². The Labute approximate surface area is 164 Å². The Balaban J connectivity index is 2.01. The maximum atomic E-state index is 10.4. The highest BCUT2D eigenvalue weighted by atomic mass is 79.9. The Morgan fingerprint density at radius 2 is 2.08 bits per heavy atom. The molecule has 0 spiro atoms. The maximum absolute atomic E-state index is 10.4. The molecular formula is C18H17BrN4O2S. The largest absolute Gasteiger partial charge is 0.504 e. The van der Waals surface area contributed by atoms with E-state index in [0.717, 1.165) is 15.6 Å². The van der Waals surface area contributed by atoms with Crippen molar-refractivity contribution in [2.24, 2.45) is 5.10 Å². The summed E-state index contributed by atoms with van der Waals surface area (Å²) in [7, 11) is 0. The first-order chi connectivity index (χ1) is 12.5. The molecule has 0 unspecified atom stereocenters. The number of nitrogens with zero attached hydrogens (tertiary/aromatic N) is 3. The first kappa shape index (κ1) is 18.3. The van der Waals surface area contributed by atoms with E-state index >= 15 is 0 Å². The molecule has 1 heterocycles. The van der Waals surface area contributed by atoms with Gasteiger partial charge in [0, 0.05) is 15.6 Å². The van der Waals surface area contributed by atoms with Gasteiger partial charge in [0.1, 0.15) is 0 Å². The summed E-state index contributed by atoms with van der Waals surface area (Å²) in [6, 6.07) is 11.4. The fourth-order valence-corrected chi connectivity index (χ4v) is 3.00. The first-order valence-corrected chi connectivity index (χ1v) is 9.14. The number of aromatic nitrogens is 3. The third-order valence-corrected chi connectivity index (χ3v) is 4.36. The maximum Gasteiger partial charge on any atom is 0.216 e. The van der Waals surface area contributed by atoms with Crippen LogP contribution >= 0.6 is 28.1 Å². The molecule has 0 saturated heterocycles. The molecule has 0 amide bonds. The molecule has 3 aromatic rings. The number of hydrogen-bond acceptors (Lipinski definition) is 5. The number of rotatable bonds is 5. The van der Waals surface area contributed by atoms with Crippen LogP contribution < -0.4 is 4.74 Å². The molecule has 8 heteroatoms. The topological polar surface area (TPSA) is 75.4 Å². The molecule has 6 nitrogen and oxygen atoms in total. The van der Waals surface area contributed by atoms with Gasteiger partial charge in [0.25, 0.3) is 0 Å². The second kappa shape index (κ2) is 7.84. The zero-order chi connectivity index (χ0) is 18.7. The third-order valence-electron chi connectivity index (χ3n) is 3.64. The molecule has 0 aliphatic heterocycles. The normalized spacial score (nSPS) is 11.2. The van der Waals surface area contributed by atoms with Crippen molar-refractivity contribution in [2.75, 3.05) is 6.61 Å². The molecule has 134 valence electrons. The van der Waals surface area contributed by atoms with E-state index in [4.69, 9.17) is 17.0 Å². The highest BCUT2D eigenvalue weighted by Gasteiger charge is 2.11. The summed E-state index contributed by atoms with van der Waals surface area (Å²) in [5.74, 6) is 0.995. The predicted octanol–water partition coefficient (Wildman–Crippen LogP) is 4.67. The van der Waals surface area contributed by atoms with Crippen LogP contribution in [0.25, 0.3) is 11.4 Å². The van der Waals surface area contributed by atoms with Crippen molar-refractivity contribution in [3.05, 3.63) is 56.8 Å². The number of halogens is 1. The molecule has 0 aliphatic rings. The number of H-pyrrole nitrogens is 1. The SMILES string of the molecule is CCOc1cc(Br)cc(/C=N\n2c(-c3ccc(C)cc3)n[nH]c2=S)c1O. The highest BCUT2D eigenvalue weighted by Crippen LogP contribution is 2.33. The predicted molar refractivity (Wildman–Crippen MR) is 108 cm³/mol. The number of aromatic hydroxyl groups is 1. The van der Waals surface area contributed by atoms with E-state index in [2.05, 4.69) is 31.2 Å². The van der Waals surface area contributed by atoms with Crippen molar-refractivity contribution in [3.8, 4) is 22.9 Å². The van der Waals surface area contributed by atoms with Crippen molar-refractivity contribution in [3.63, 3.8) is 0 Å². The quantitative estimate of drug-likeness (QED) is 0.453. The van der Waals surface area contributed by atoms with Crippen molar-refractivity contribution >= 4 is 34.4 Å². The molecule has 26 heavy (non-hydrogen) atoms. The fraction of sp³-hybridized carbons (Fsp3) is 0.167. The lowest BCUT2D eigenvalue weighted by Gasteiger charge is -2.08. The van der Waals surface area contributed by atoms with Crippen molar-refractivity contribution < 1.29 is 9.84 Å². The summed E-state index contributed by atoms with van der Waals surface area (Å²) in [5, 5.41) is 21.8. The van der Waals surface area contributed by atoms with Crippen LogP contribution in [0.2, 0.25) is 0 Å². The Kier molecular flexibility index (Phi) is 5.53. The van der Waals surface area contributed by atoms with Gasteiger partial charge in [-0.15, -0.1) is 0 Å². The van der Waals surface area contributed by atoms with Gasteiger partial charge in [0.15, 0.2) is 17.3 Å². The van der Waals surface area contributed by atoms with Crippen LogP contribution in [0.15, 0.2) is 46.0 Å². The Morgan fingerprint density at radius 1 is 1.35 bits per heavy atom. The summed E-state index contributed by atoms with van der Waals surface area (Å²) < 4.78 is 8.08. The molecule has 3 rings (SSSR count). The van der Waals surface area contributed by atoms with Crippen LogP contribution in [-0.2, 0) is 0 Å². The van der Waals surface area contributed by atoms with E-state index in [9.17, 15) is 5.11 Å². The van der Waals surface area contributed by atoms with E-state index in [0.29, 0.717) is 28.5 Å². The zero-order valence-electron chi connectivity index (χ0n) is 14.2. The minimum absolute atomic E-state index is 0.0192. The smallest absolute Gasteiger partial charge is 0.216 e. The summed E-state index contributed by atoms with van der Waals surface area (Å²) in [4.78, 5) is 0.